The number of rotatable bonds is 1. The van der Waals surface area contributed by atoms with Crippen LogP contribution in [0.5, 0.6) is 0 Å². The summed E-state index contributed by atoms with van der Waals surface area (Å²) in [5.41, 5.74) is 5.30. The van der Waals surface area contributed by atoms with Crippen molar-refractivity contribution in [1.82, 2.24) is 4.90 Å². The van der Waals surface area contributed by atoms with E-state index in [4.69, 9.17) is 5.73 Å². The molecule has 0 spiro atoms. The Hall–Kier alpha value is -1.06. The highest BCUT2D eigenvalue weighted by Gasteiger charge is 2.44. The number of carbonyl (C=O) groups excluding carboxylic acids is 2. The van der Waals surface area contributed by atoms with E-state index in [1.807, 2.05) is 6.92 Å². The first kappa shape index (κ1) is 9.49. The molecule has 2 rings (SSSR count). The normalized spacial score (nSPS) is 37.1. The van der Waals surface area contributed by atoms with Gasteiger partial charge in [-0.1, -0.05) is 6.92 Å². The molecule has 0 aromatic carbocycles. The van der Waals surface area contributed by atoms with Crippen LogP contribution in [0.2, 0.25) is 0 Å². The molecule has 2 amide bonds. The Labute approximate surface area is 83.4 Å². The molecule has 4 heteroatoms. The van der Waals surface area contributed by atoms with Crippen molar-refractivity contribution in [3.63, 3.8) is 0 Å². The van der Waals surface area contributed by atoms with Crippen LogP contribution in [0.1, 0.15) is 32.6 Å². The number of fused-ring (bicyclic) bond motifs is 1. The minimum Gasteiger partial charge on any atom is -0.368 e. The van der Waals surface area contributed by atoms with Gasteiger partial charge in [0.05, 0.1) is 0 Å². The van der Waals surface area contributed by atoms with Gasteiger partial charge in [0.2, 0.25) is 11.8 Å². The fraction of sp³-hybridized carbons (Fsp3) is 0.800. The number of piperidine rings is 1. The number of hydrogen-bond donors (Lipinski definition) is 1. The lowest BCUT2D eigenvalue weighted by Crippen LogP contribution is -2.51. The molecule has 78 valence electrons. The van der Waals surface area contributed by atoms with Gasteiger partial charge in [-0.05, 0) is 25.7 Å². The molecule has 0 aliphatic carbocycles. The number of primary amides is 1. The van der Waals surface area contributed by atoms with E-state index in [0.717, 1.165) is 25.7 Å². The maximum atomic E-state index is 11.8. The van der Waals surface area contributed by atoms with Crippen LogP contribution in [0.3, 0.4) is 0 Å². The van der Waals surface area contributed by atoms with E-state index in [-0.39, 0.29) is 29.8 Å². The zero-order valence-corrected chi connectivity index (χ0v) is 8.40. The summed E-state index contributed by atoms with van der Waals surface area (Å²) >= 11 is 0. The lowest BCUT2D eigenvalue weighted by atomic mass is 9.95. The average molecular weight is 196 g/mol. The molecular weight excluding hydrogens is 180 g/mol. The van der Waals surface area contributed by atoms with Crippen LogP contribution in [0, 0.1) is 5.92 Å². The van der Waals surface area contributed by atoms with Gasteiger partial charge in [0.15, 0.2) is 0 Å². The second-order valence-corrected chi connectivity index (χ2v) is 4.39. The highest BCUT2D eigenvalue weighted by atomic mass is 16.2. The Bertz CT molecular complexity index is 277. The summed E-state index contributed by atoms with van der Waals surface area (Å²) in [5.74, 6) is -0.171. The second-order valence-electron chi connectivity index (χ2n) is 4.39. The summed E-state index contributed by atoms with van der Waals surface area (Å²) in [6, 6.07) is -0.0741. The van der Waals surface area contributed by atoms with Crippen LogP contribution in [0.4, 0.5) is 0 Å². The summed E-state index contributed by atoms with van der Waals surface area (Å²) in [7, 11) is 0. The molecule has 2 saturated heterocycles. The third-order valence-electron chi connectivity index (χ3n) is 3.37. The molecular formula is C10H16N2O2. The molecule has 0 radical (unpaired) electrons. The molecule has 0 aromatic heterocycles. The number of nitrogens with two attached hydrogens (primary N) is 1. The van der Waals surface area contributed by atoms with Crippen molar-refractivity contribution in [3.05, 3.63) is 0 Å². The van der Waals surface area contributed by atoms with Gasteiger partial charge in [0.25, 0.3) is 0 Å². The van der Waals surface area contributed by atoms with Crippen molar-refractivity contribution in [2.45, 2.75) is 44.7 Å². The van der Waals surface area contributed by atoms with Gasteiger partial charge in [0, 0.05) is 12.0 Å². The molecule has 3 atom stereocenters. The summed E-state index contributed by atoms with van der Waals surface area (Å²) in [6.07, 6.45) is 3.67. The highest BCUT2D eigenvalue weighted by Crippen LogP contribution is 2.34. The van der Waals surface area contributed by atoms with E-state index < -0.39 is 0 Å². The van der Waals surface area contributed by atoms with Crippen LogP contribution in [-0.4, -0.2) is 28.8 Å². The van der Waals surface area contributed by atoms with Gasteiger partial charge < -0.3 is 10.6 Å². The van der Waals surface area contributed by atoms with E-state index in [1.165, 1.54) is 0 Å². The first-order valence-corrected chi connectivity index (χ1v) is 5.22. The zero-order chi connectivity index (χ0) is 10.3. The van der Waals surface area contributed by atoms with Gasteiger partial charge in [-0.15, -0.1) is 0 Å². The van der Waals surface area contributed by atoms with Gasteiger partial charge in [-0.2, -0.15) is 0 Å². The fourth-order valence-electron chi connectivity index (χ4n) is 2.69. The Kier molecular flexibility index (Phi) is 2.21. The predicted molar refractivity (Wildman–Crippen MR) is 51.2 cm³/mol. The van der Waals surface area contributed by atoms with Crippen molar-refractivity contribution in [2.24, 2.45) is 11.7 Å². The summed E-state index contributed by atoms with van der Waals surface area (Å²) in [4.78, 5) is 24.7. The SMILES string of the molecule is CC1CC2CCCC(C(N)=O)N2C1=O. The molecule has 2 heterocycles. The third kappa shape index (κ3) is 1.29. The molecule has 4 nitrogen and oxygen atoms in total. The maximum absolute atomic E-state index is 11.8. The number of nitrogens with zero attached hydrogens (tertiary/aromatic N) is 1. The molecule has 14 heavy (non-hydrogen) atoms. The zero-order valence-electron chi connectivity index (χ0n) is 8.40. The quantitative estimate of drug-likeness (QED) is 0.654. The van der Waals surface area contributed by atoms with Crippen LogP contribution in [0.15, 0.2) is 0 Å². The first-order chi connectivity index (χ1) is 6.61. The lowest BCUT2D eigenvalue weighted by molar-refractivity contribution is -0.141. The largest absolute Gasteiger partial charge is 0.368 e. The van der Waals surface area contributed by atoms with Crippen molar-refractivity contribution in [2.75, 3.05) is 0 Å². The van der Waals surface area contributed by atoms with E-state index in [9.17, 15) is 9.59 Å². The minimum absolute atomic E-state index is 0.0694. The lowest BCUT2D eigenvalue weighted by Gasteiger charge is -2.35. The smallest absolute Gasteiger partial charge is 0.240 e. The molecule has 3 unspecified atom stereocenters. The minimum atomic E-state index is -0.350. The molecule has 0 aromatic rings. The molecule has 2 aliphatic rings. The summed E-state index contributed by atoms with van der Waals surface area (Å²) < 4.78 is 0. The van der Waals surface area contributed by atoms with Crippen LogP contribution >= 0.6 is 0 Å². The van der Waals surface area contributed by atoms with E-state index in [0.29, 0.717) is 0 Å². The number of amides is 2. The van der Waals surface area contributed by atoms with E-state index in [2.05, 4.69) is 0 Å². The standard InChI is InChI=1S/C10H16N2O2/c1-6-5-7-3-2-4-8(9(11)13)12(7)10(6)14/h6-8H,2-5H2,1H3,(H2,11,13). The Morgan fingerprint density at radius 2 is 2.21 bits per heavy atom. The first-order valence-electron chi connectivity index (χ1n) is 5.22. The van der Waals surface area contributed by atoms with Crippen molar-refractivity contribution < 1.29 is 9.59 Å². The second kappa shape index (κ2) is 3.26. The molecule has 2 N–H and O–H groups in total. The van der Waals surface area contributed by atoms with E-state index in [1.54, 1.807) is 4.90 Å². The molecule has 2 aliphatic heterocycles. The van der Waals surface area contributed by atoms with Crippen molar-refractivity contribution >= 4 is 11.8 Å². The maximum Gasteiger partial charge on any atom is 0.240 e. The van der Waals surface area contributed by atoms with Crippen LogP contribution in [0.25, 0.3) is 0 Å². The summed E-state index contributed by atoms with van der Waals surface area (Å²) in [6.45, 7) is 1.93. The van der Waals surface area contributed by atoms with Gasteiger partial charge >= 0.3 is 0 Å². The fourth-order valence-corrected chi connectivity index (χ4v) is 2.69. The van der Waals surface area contributed by atoms with Crippen molar-refractivity contribution in [3.8, 4) is 0 Å². The molecule has 2 fully saturated rings. The van der Waals surface area contributed by atoms with Crippen LogP contribution < -0.4 is 5.73 Å². The van der Waals surface area contributed by atoms with Crippen molar-refractivity contribution in [1.29, 1.82) is 0 Å². The Morgan fingerprint density at radius 3 is 2.86 bits per heavy atom. The average Bonchev–Trinajstić information content (AvgIpc) is 2.43. The number of hydrogen-bond acceptors (Lipinski definition) is 2. The summed E-state index contributed by atoms with van der Waals surface area (Å²) in [5, 5.41) is 0. The highest BCUT2D eigenvalue weighted by molar-refractivity contribution is 5.89. The molecule has 0 bridgehead atoms. The Balaban J connectivity index is 2.22. The van der Waals surface area contributed by atoms with Gasteiger partial charge in [0.1, 0.15) is 6.04 Å². The monoisotopic (exact) mass is 196 g/mol. The predicted octanol–water partition coefficient (Wildman–Crippen LogP) is 0.261. The number of carbonyl (C=O) groups is 2. The van der Waals surface area contributed by atoms with Crippen LogP contribution in [-0.2, 0) is 9.59 Å². The van der Waals surface area contributed by atoms with Gasteiger partial charge in [-0.25, -0.2) is 0 Å². The topological polar surface area (TPSA) is 63.4 Å². The third-order valence-corrected chi connectivity index (χ3v) is 3.37. The molecule has 0 saturated carbocycles. The van der Waals surface area contributed by atoms with E-state index >= 15 is 0 Å². The van der Waals surface area contributed by atoms with Gasteiger partial charge in [-0.3, -0.25) is 9.59 Å². The Morgan fingerprint density at radius 1 is 1.50 bits per heavy atom.